The van der Waals surface area contributed by atoms with Gasteiger partial charge >= 0.3 is 5.97 Å². The second kappa shape index (κ2) is 11.5. The number of anilines is 2. The number of nitrogen functional groups attached to an aromatic ring is 1. The summed E-state index contributed by atoms with van der Waals surface area (Å²) in [6.45, 7) is 5.94. The minimum atomic E-state index is -0.866. The van der Waals surface area contributed by atoms with Gasteiger partial charge in [-0.3, -0.25) is 9.59 Å². The minimum Gasteiger partial charge on any atom is -0.481 e. The van der Waals surface area contributed by atoms with Crippen molar-refractivity contribution in [1.82, 2.24) is 10.3 Å². The first-order valence-electron chi connectivity index (χ1n) is 12.8. The molecule has 194 valence electrons. The zero-order valence-electron chi connectivity index (χ0n) is 21.8. The number of aliphatic carboxylic acids is 1. The Balaban J connectivity index is 1.63. The molecule has 7 heteroatoms. The zero-order valence-corrected chi connectivity index (χ0v) is 21.8. The van der Waals surface area contributed by atoms with Gasteiger partial charge in [0.25, 0.3) is 0 Å². The molecule has 4 rings (SSSR count). The molecule has 37 heavy (non-hydrogen) atoms. The molecule has 3 aromatic carbocycles. The third-order valence-corrected chi connectivity index (χ3v) is 7.36. The molecular formula is C30H36N4O3. The number of nitrogens with one attached hydrogen (secondary N) is 1. The molecule has 0 aromatic heterocycles. The lowest BCUT2D eigenvalue weighted by Gasteiger charge is -2.30. The predicted octanol–water partition coefficient (Wildman–Crippen LogP) is 4.27. The SMILES string of the molecule is CCN(NC)c1ccc(C(CC(=O)O)c2ccc3c(c2)CN(C(=O)Cc2ccccc2)CC3)c(C)c1N. The van der Waals surface area contributed by atoms with Gasteiger partial charge in [0.2, 0.25) is 5.91 Å². The van der Waals surface area contributed by atoms with Gasteiger partial charge in [0.1, 0.15) is 0 Å². The molecule has 0 aliphatic carbocycles. The zero-order chi connectivity index (χ0) is 26.5. The summed E-state index contributed by atoms with van der Waals surface area (Å²) in [6, 6.07) is 19.9. The van der Waals surface area contributed by atoms with Gasteiger partial charge in [-0.25, -0.2) is 5.43 Å². The molecular weight excluding hydrogens is 464 g/mol. The molecule has 1 aliphatic heterocycles. The minimum absolute atomic E-state index is 0.0431. The third kappa shape index (κ3) is 5.78. The lowest BCUT2D eigenvalue weighted by Crippen LogP contribution is -2.37. The summed E-state index contributed by atoms with van der Waals surface area (Å²) in [5.41, 5.74) is 17.2. The maximum absolute atomic E-state index is 13.0. The molecule has 0 saturated carbocycles. The van der Waals surface area contributed by atoms with Crippen molar-refractivity contribution in [3.05, 3.63) is 94.0 Å². The van der Waals surface area contributed by atoms with E-state index in [0.29, 0.717) is 25.2 Å². The van der Waals surface area contributed by atoms with Gasteiger partial charge in [-0.15, -0.1) is 0 Å². The summed E-state index contributed by atoms with van der Waals surface area (Å²) in [5, 5.41) is 11.7. The van der Waals surface area contributed by atoms with E-state index in [9.17, 15) is 14.7 Å². The van der Waals surface area contributed by atoms with Crippen LogP contribution in [0.3, 0.4) is 0 Å². The van der Waals surface area contributed by atoms with Crippen molar-refractivity contribution in [2.45, 2.75) is 45.6 Å². The molecule has 1 heterocycles. The molecule has 0 spiro atoms. The van der Waals surface area contributed by atoms with E-state index >= 15 is 0 Å². The average Bonchev–Trinajstić information content (AvgIpc) is 2.90. The maximum atomic E-state index is 13.0. The number of rotatable bonds is 9. The van der Waals surface area contributed by atoms with Gasteiger partial charge in [0.15, 0.2) is 0 Å². The van der Waals surface area contributed by atoms with E-state index in [0.717, 1.165) is 46.5 Å². The standard InChI is InChI=1S/C30H36N4O3/c1-4-34(32-3)27-13-12-25(20(2)30(27)31)26(18-29(36)37)23-11-10-22-14-15-33(19-24(22)17-23)28(35)16-21-8-6-5-7-9-21/h5-13,17,26,32H,4,14-16,18-19,31H2,1-3H3,(H,36,37). The fourth-order valence-electron chi connectivity index (χ4n) is 5.26. The van der Waals surface area contributed by atoms with Crippen molar-refractivity contribution in [2.75, 3.05) is 30.9 Å². The maximum Gasteiger partial charge on any atom is 0.304 e. The quantitative estimate of drug-likeness (QED) is 0.300. The second-order valence-corrected chi connectivity index (χ2v) is 9.59. The molecule has 1 unspecified atom stereocenters. The summed E-state index contributed by atoms with van der Waals surface area (Å²) in [7, 11) is 1.85. The van der Waals surface area contributed by atoms with Gasteiger partial charge in [0.05, 0.1) is 24.2 Å². The normalized spacial score (nSPS) is 13.6. The molecule has 0 bridgehead atoms. The van der Waals surface area contributed by atoms with Crippen LogP contribution in [-0.4, -0.2) is 42.0 Å². The highest BCUT2D eigenvalue weighted by Crippen LogP contribution is 2.37. The van der Waals surface area contributed by atoms with Crippen LogP contribution in [0, 0.1) is 6.92 Å². The van der Waals surface area contributed by atoms with Gasteiger partial charge in [-0.05, 0) is 59.7 Å². The average molecular weight is 501 g/mol. The number of amides is 1. The Morgan fingerprint density at radius 3 is 2.54 bits per heavy atom. The molecule has 1 amide bonds. The van der Waals surface area contributed by atoms with Gasteiger partial charge in [0, 0.05) is 32.6 Å². The number of fused-ring (bicyclic) bond motifs is 1. The van der Waals surface area contributed by atoms with Crippen LogP contribution in [0.25, 0.3) is 0 Å². The van der Waals surface area contributed by atoms with E-state index in [1.807, 2.05) is 79.3 Å². The van der Waals surface area contributed by atoms with Gasteiger partial charge in [-0.1, -0.05) is 54.6 Å². The summed E-state index contributed by atoms with van der Waals surface area (Å²) < 4.78 is 0. The number of hydrogen-bond donors (Lipinski definition) is 3. The smallest absolute Gasteiger partial charge is 0.304 e. The van der Waals surface area contributed by atoms with Crippen LogP contribution in [0.4, 0.5) is 11.4 Å². The van der Waals surface area contributed by atoms with E-state index in [-0.39, 0.29) is 18.2 Å². The van der Waals surface area contributed by atoms with Crippen LogP contribution in [-0.2, 0) is 29.0 Å². The van der Waals surface area contributed by atoms with E-state index in [1.54, 1.807) is 0 Å². The first kappa shape index (κ1) is 26.2. The Hall–Kier alpha value is -3.84. The third-order valence-electron chi connectivity index (χ3n) is 7.36. The van der Waals surface area contributed by atoms with Crippen molar-refractivity contribution >= 4 is 23.3 Å². The lowest BCUT2D eigenvalue weighted by atomic mass is 9.83. The van der Waals surface area contributed by atoms with Gasteiger partial charge in [-0.2, -0.15) is 0 Å². The number of nitrogens with two attached hydrogens (primary N) is 1. The van der Waals surface area contributed by atoms with Crippen LogP contribution >= 0.6 is 0 Å². The van der Waals surface area contributed by atoms with Crippen LogP contribution < -0.4 is 16.2 Å². The summed E-state index contributed by atoms with van der Waals surface area (Å²) in [6.07, 6.45) is 1.12. The molecule has 3 aromatic rings. The molecule has 1 atom stereocenters. The number of carboxylic acids is 1. The molecule has 0 saturated heterocycles. The fourth-order valence-corrected chi connectivity index (χ4v) is 5.26. The van der Waals surface area contributed by atoms with E-state index in [2.05, 4.69) is 17.6 Å². The highest BCUT2D eigenvalue weighted by atomic mass is 16.4. The molecule has 0 radical (unpaired) electrons. The number of hydrazine groups is 1. The molecule has 7 nitrogen and oxygen atoms in total. The summed E-state index contributed by atoms with van der Waals surface area (Å²) in [5.74, 6) is -1.11. The van der Waals surface area contributed by atoms with Crippen LogP contribution in [0.15, 0.2) is 60.7 Å². The van der Waals surface area contributed by atoms with E-state index in [4.69, 9.17) is 5.73 Å². The van der Waals surface area contributed by atoms with Crippen molar-refractivity contribution in [3.8, 4) is 0 Å². The van der Waals surface area contributed by atoms with Crippen molar-refractivity contribution < 1.29 is 14.7 Å². The van der Waals surface area contributed by atoms with Crippen LogP contribution in [0.1, 0.15) is 52.6 Å². The molecule has 1 aliphatic rings. The Labute approximate surface area is 218 Å². The molecule has 0 fully saturated rings. The Morgan fingerprint density at radius 1 is 1.11 bits per heavy atom. The predicted molar refractivity (Wildman–Crippen MR) is 147 cm³/mol. The number of carbonyl (C=O) groups excluding carboxylic acids is 1. The number of benzene rings is 3. The first-order chi connectivity index (χ1) is 17.8. The fraction of sp³-hybridized carbons (Fsp3) is 0.333. The highest BCUT2D eigenvalue weighted by Gasteiger charge is 2.26. The first-order valence-corrected chi connectivity index (χ1v) is 12.8. The number of carboxylic acid groups (broad SMARTS) is 1. The summed E-state index contributed by atoms with van der Waals surface area (Å²) >= 11 is 0. The molecule has 4 N–H and O–H groups in total. The highest BCUT2D eigenvalue weighted by molar-refractivity contribution is 5.79. The largest absolute Gasteiger partial charge is 0.481 e. The van der Waals surface area contributed by atoms with Crippen LogP contribution in [0.5, 0.6) is 0 Å². The second-order valence-electron chi connectivity index (χ2n) is 9.59. The van der Waals surface area contributed by atoms with Crippen molar-refractivity contribution in [3.63, 3.8) is 0 Å². The monoisotopic (exact) mass is 500 g/mol. The van der Waals surface area contributed by atoms with Crippen molar-refractivity contribution in [1.29, 1.82) is 0 Å². The number of carbonyl (C=O) groups is 2. The lowest BCUT2D eigenvalue weighted by molar-refractivity contribution is -0.137. The Kier molecular flexibility index (Phi) is 8.14. The number of hydrogen-bond acceptors (Lipinski definition) is 5. The number of nitrogens with zero attached hydrogens (tertiary/aromatic N) is 2. The van der Waals surface area contributed by atoms with E-state index < -0.39 is 5.97 Å². The summed E-state index contributed by atoms with van der Waals surface area (Å²) in [4.78, 5) is 26.8. The Morgan fingerprint density at radius 2 is 1.86 bits per heavy atom. The Bertz CT molecular complexity index is 1270. The van der Waals surface area contributed by atoms with E-state index in [1.165, 1.54) is 5.56 Å². The van der Waals surface area contributed by atoms with Gasteiger partial charge < -0.3 is 20.7 Å². The topological polar surface area (TPSA) is 98.9 Å². The van der Waals surface area contributed by atoms with Crippen LogP contribution in [0.2, 0.25) is 0 Å². The van der Waals surface area contributed by atoms with Crippen molar-refractivity contribution in [2.24, 2.45) is 0 Å².